The molecule has 0 aliphatic heterocycles. The zero-order valence-electron chi connectivity index (χ0n) is 27.7. The second-order valence-corrected chi connectivity index (χ2v) is 14.1. The van der Waals surface area contributed by atoms with Crippen LogP contribution in [0.4, 0.5) is 9.59 Å². The number of hydrogen-bond donors (Lipinski definition) is 4. The zero-order valence-corrected chi connectivity index (χ0v) is 29.3. The van der Waals surface area contributed by atoms with Gasteiger partial charge in [0.15, 0.2) is 0 Å². The minimum Gasteiger partial charge on any atom is -0.444 e. The van der Waals surface area contributed by atoms with Gasteiger partial charge in [0, 0.05) is 24.7 Å². The van der Waals surface area contributed by atoms with E-state index in [1.54, 1.807) is 18.8 Å². The highest BCUT2D eigenvalue weighted by molar-refractivity contribution is 7.09. The molecule has 4 atom stereocenters. The Labute approximate surface area is 289 Å². The summed E-state index contributed by atoms with van der Waals surface area (Å²) < 4.78 is 5.41. The standard InChI is InChI=1S/C35H44N6O5S2/c1-23(2)32(40-34(44)41(4)19-28-21-47-24(3)37-28)33(43)38-27(15-25-11-7-5-8-12-25)17-31(42)30(16-26-13-9-6-10-14-26)39-35(45)46-20-29-18-36-22-48-29/h5-14,18,21-23,27,30-32,42H,15-17,19-20H2,1-4H3,(H,38,43)(H,39,45)(H,40,44)/t27?,30?,31-,32-/m0/s1. The Morgan fingerprint density at radius 2 is 1.60 bits per heavy atom. The normalized spacial score (nSPS) is 13.6. The Morgan fingerprint density at radius 3 is 2.19 bits per heavy atom. The Morgan fingerprint density at radius 1 is 0.938 bits per heavy atom. The lowest BCUT2D eigenvalue weighted by molar-refractivity contribution is -0.124. The first-order chi connectivity index (χ1) is 23.1. The minimum absolute atomic E-state index is 0.0677. The van der Waals surface area contributed by atoms with E-state index in [0.29, 0.717) is 19.4 Å². The van der Waals surface area contributed by atoms with Crippen LogP contribution >= 0.6 is 22.7 Å². The van der Waals surface area contributed by atoms with Crippen LogP contribution < -0.4 is 16.0 Å². The minimum atomic E-state index is -1.05. The van der Waals surface area contributed by atoms with Gasteiger partial charge >= 0.3 is 12.1 Å². The van der Waals surface area contributed by atoms with E-state index in [4.69, 9.17) is 4.74 Å². The van der Waals surface area contributed by atoms with Crippen molar-refractivity contribution in [1.82, 2.24) is 30.8 Å². The predicted molar refractivity (Wildman–Crippen MR) is 188 cm³/mol. The number of aryl methyl sites for hydroxylation is 1. The molecule has 0 saturated heterocycles. The number of ether oxygens (including phenoxy) is 1. The molecule has 256 valence electrons. The Kier molecular flexibility index (Phi) is 13.9. The summed E-state index contributed by atoms with van der Waals surface area (Å²) in [6.45, 7) is 6.03. The summed E-state index contributed by atoms with van der Waals surface area (Å²) in [5, 5.41) is 23.3. The average Bonchev–Trinajstić information content (AvgIpc) is 3.74. The molecular weight excluding hydrogens is 649 g/mol. The highest BCUT2D eigenvalue weighted by Crippen LogP contribution is 2.16. The van der Waals surface area contributed by atoms with Crippen LogP contribution in [0.2, 0.25) is 0 Å². The number of thiazole rings is 2. The second-order valence-electron chi connectivity index (χ2n) is 12.1. The highest BCUT2D eigenvalue weighted by Gasteiger charge is 2.31. The molecule has 0 spiro atoms. The number of nitrogens with zero attached hydrogens (tertiary/aromatic N) is 3. The number of benzene rings is 2. The van der Waals surface area contributed by atoms with Gasteiger partial charge in [0.05, 0.1) is 39.8 Å². The molecule has 2 heterocycles. The zero-order chi connectivity index (χ0) is 34.5. The Bertz CT molecular complexity index is 1570. The van der Waals surface area contributed by atoms with Gasteiger partial charge in [0.1, 0.15) is 12.6 Å². The first kappa shape index (κ1) is 36.5. The van der Waals surface area contributed by atoms with E-state index in [1.165, 1.54) is 27.6 Å². The van der Waals surface area contributed by atoms with Crippen LogP contribution in [-0.4, -0.2) is 69.3 Å². The van der Waals surface area contributed by atoms with Crippen molar-refractivity contribution in [2.45, 2.75) is 77.4 Å². The molecule has 2 unspecified atom stereocenters. The molecule has 0 radical (unpaired) electrons. The first-order valence-electron chi connectivity index (χ1n) is 15.9. The molecule has 13 heteroatoms. The number of carbonyl (C=O) groups excluding carboxylic acids is 3. The molecule has 0 bridgehead atoms. The van der Waals surface area contributed by atoms with Crippen LogP contribution in [0.1, 0.15) is 47.0 Å². The van der Waals surface area contributed by atoms with Crippen molar-refractivity contribution >= 4 is 40.7 Å². The molecule has 0 aliphatic carbocycles. The van der Waals surface area contributed by atoms with Crippen molar-refractivity contribution in [3.63, 3.8) is 0 Å². The molecule has 48 heavy (non-hydrogen) atoms. The maximum Gasteiger partial charge on any atom is 0.407 e. The summed E-state index contributed by atoms with van der Waals surface area (Å²) in [6.07, 6.45) is 0.840. The molecule has 2 aromatic carbocycles. The maximum absolute atomic E-state index is 13.8. The van der Waals surface area contributed by atoms with E-state index in [0.717, 1.165) is 26.7 Å². The van der Waals surface area contributed by atoms with Crippen LogP contribution in [0.3, 0.4) is 0 Å². The monoisotopic (exact) mass is 692 g/mol. The Hall–Kier alpha value is -4.33. The number of alkyl carbamates (subject to hydrolysis) is 1. The summed E-state index contributed by atoms with van der Waals surface area (Å²) in [5.74, 6) is -0.576. The number of carbonyl (C=O) groups is 3. The quantitative estimate of drug-likeness (QED) is 0.128. The van der Waals surface area contributed by atoms with Gasteiger partial charge in [0.25, 0.3) is 0 Å². The molecule has 0 aliphatic rings. The molecule has 2 aromatic heterocycles. The smallest absolute Gasteiger partial charge is 0.407 e. The molecule has 0 fully saturated rings. The molecule has 11 nitrogen and oxygen atoms in total. The van der Waals surface area contributed by atoms with E-state index < -0.39 is 36.4 Å². The molecular formula is C35H44N6O5S2. The third-order valence-corrected chi connectivity index (χ3v) is 9.31. The third-order valence-electron chi connectivity index (χ3n) is 7.73. The van der Waals surface area contributed by atoms with Gasteiger partial charge in [-0.05, 0) is 43.2 Å². The van der Waals surface area contributed by atoms with E-state index in [9.17, 15) is 19.5 Å². The van der Waals surface area contributed by atoms with Crippen molar-refractivity contribution in [2.24, 2.45) is 5.92 Å². The topological polar surface area (TPSA) is 146 Å². The van der Waals surface area contributed by atoms with Crippen LogP contribution in [0.5, 0.6) is 0 Å². The number of rotatable bonds is 16. The summed E-state index contributed by atoms with van der Waals surface area (Å²) in [5.41, 5.74) is 4.34. The van der Waals surface area contributed by atoms with Gasteiger partial charge in [-0.2, -0.15) is 0 Å². The SMILES string of the molecule is Cc1nc(CN(C)C(=O)N[C@H](C(=O)NC(Cc2ccccc2)C[C@H](O)C(Cc2ccccc2)NC(=O)OCc2cncs2)C(C)C)cs1. The number of aliphatic hydroxyl groups is 1. The molecule has 4 rings (SSSR count). The van der Waals surface area contributed by atoms with E-state index in [2.05, 4.69) is 25.9 Å². The van der Waals surface area contributed by atoms with Gasteiger partial charge in [-0.1, -0.05) is 74.5 Å². The van der Waals surface area contributed by atoms with E-state index in [1.807, 2.05) is 86.8 Å². The third kappa shape index (κ3) is 11.7. The number of amides is 4. The summed E-state index contributed by atoms with van der Waals surface area (Å²) in [4.78, 5) is 50.5. The largest absolute Gasteiger partial charge is 0.444 e. The summed E-state index contributed by atoms with van der Waals surface area (Å²) in [6, 6.07) is 16.8. The number of urea groups is 1. The highest BCUT2D eigenvalue weighted by atomic mass is 32.1. The average molecular weight is 693 g/mol. The van der Waals surface area contributed by atoms with Gasteiger partial charge in [0.2, 0.25) is 5.91 Å². The van der Waals surface area contributed by atoms with Crippen LogP contribution in [0, 0.1) is 12.8 Å². The van der Waals surface area contributed by atoms with Gasteiger partial charge in [-0.3, -0.25) is 9.78 Å². The van der Waals surface area contributed by atoms with Gasteiger partial charge in [-0.15, -0.1) is 22.7 Å². The number of nitrogens with one attached hydrogen (secondary N) is 3. The van der Waals surface area contributed by atoms with E-state index in [-0.39, 0.29) is 24.9 Å². The lowest BCUT2D eigenvalue weighted by Crippen LogP contribution is -2.55. The fraction of sp³-hybridized carbons (Fsp3) is 0.400. The Balaban J connectivity index is 1.47. The van der Waals surface area contributed by atoms with E-state index >= 15 is 0 Å². The van der Waals surface area contributed by atoms with Crippen molar-refractivity contribution < 1.29 is 24.2 Å². The maximum atomic E-state index is 13.8. The van der Waals surface area contributed by atoms with Crippen LogP contribution in [0.25, 0.3) is 0 Å². The predicted octanol–water partition coefficient (Wildman–Crippen LogP) is 5.09. The molecule has 4 aromatic rings. The molecule has 4 N–H and O–H groups in total. The van der Waals surface area contributed by atoms with Crippen molar-refractivity contribution in [2.75, 3.05) is 7.05 Å². The summed E-state index contributed by atoms with van der Waals surface area (Å²) >= 11 is 2.90. The fourth-order valence-electron chi connectivity index (χ4n) is 5.21. The van der Waals surface area contributed by atoms with Crippen LogP contribution in [-0.2, 0) is 35.5 Å². The fourth-order valence-corrected chi connectivity index (χ4v) is 6.32. The number of aliphatic hydroxyl groups excluding tert-OH is 1. The summed E-state index contributed by atoms with van der Waals surface area (Å²) in [7, 11) is 1.66. The molecule has 0 saturated carbocycles. The lowest BCUT2D eigenvalue weighted by atomic mass is 9.93. The number of aromatic nitrogens is 2. The van der Waals surface area contributed by atoms with Gasteiger partial charge in [-0.25, -0.2) is 14.6 Å². The first-order valence-corrected chi connectivity index (χ1v) is 17.6. The number of hydrogen-bond acceptors (Lipinski definition) is 9. The van der Waals surface area contributed by atoms with Gasteiger partial charge < -0.3 is 30.7 Å². The van der Waals surface area contributed by atoms with Crippen molar-refractivity contribution in [1.29, 1.82) is 0 Å². The van der Waals surface area contributed by atoms with Crippen molar-refractivity contribution in [3.05, 3.63) is 104 Å². The van der Waals surface area contributed by atoms with Crippen molar-refractivity contribution in [3.8, 4) is 0 Å². The molecule has 4 amide bonds. The lowest BCUT2D eigenvalue weighted by Gasteiger charge is -2.30. The van der Waals surface area contributed by atoms with Crippen LogP contribution in [0.15, 0.2) is 77.8 Å². The second kappa shape index (κ2) is 18.3.